The first-order chi connectivity index (χ1) is 10.1. The van der Waals surface area contributed by atoms with Crippen LogP contribution in [0.1, 0.15) is 0 Å². The van der Waals surface area contributed by atoms with Crippen molar-refractivity contribution in [1.82, 2.24) is 9.97 Å². The number of rotatable bonds is 3. The molecule has 0 atom stereocenters. The van der Waals surface area contributed by atoms with E-state index in [0.717, 1.165) is 16.7 Å². The number of fused-ring (bicyclic) bond motifs is 1. The van der Waals surface area contributed by atoms with Crippen LogP contribution in [-0.2, 0) is 0 Å². The van der Waals surface area contributed by atoms with E-state index >= 15 is 0 Å². The third-order valence-electron chi connectivity index (χ3n) is 3.32. The van der Waals surface area contributed by atoms with E-state index in [1.165, 1.54) is 6.07 Å². The van der Waals surface area contributed by atoms with E-state index in [1.54, 1.807) is 12.1 Å². The molecule has 0 radical (unpaired) electrons. The first-order valence-corrected chi connectivity index (χ1v) is 6.47. The molecule has 0 saturated carbocycles. The van der Waals surface area contributed by atoms with Gasteiger partial charge in [0, 0.05) is 37.5 Å². The Morgan fingerprint density at radius 1 is 1.19 bits per heavy atom. The van der Waals surface area contributed by atoms with Crippen molar-refractivity contribution in [3.05, 3.63) is 52.6 Å². The highest BCUT2D eigenvalue weighted by molar-refractivity contribution is 5.84. The highest BCUT2D eigenvalue weighted by Crippen LogP contribution is 2.32. The first kappa shape index (κ1) is 13.1. The van der Waals surface area contributed by atoms with Gasteiger partial charge in [0.25, 0.3) is 5.69 Å². The standard InChI is InChI=1S/C15H14N4O2/c1-18(2)14-8-7-10(19(20)21)9-11(14)15-16-12-5-3-4-6-13(12)17-15/h3-9H,1-2H3,(H,16,17). The van der Waals surface area contributed by atoms with Gasteiger partial charge in [-0.3, -0.25) is 10.1 Å². The number of aromatic amines is 1. The van der Waals surface area contributed by atoms with Crippen molar-refractivity contribution < 1.29 is 4.92 Å². The summed E-state index contributed by atoms with van der Waals surface area (Å²) >= 11 is 0. The largest absolute Gasteiger partial charge is 0.377 e. The lowest BCUT2D eigenvalue weighted by molar-refractivity contribution is -0.384. The number of imidazole rings is 1. The van der Waals surface area contributed by atoms with E-state index in [0.29, 0.717) is 11.4 Å². The van der Waals surface area contributed by atoms with Crippen molar-refractivity contribution in [2.45, 2.75) is 0 Å². The molecule has 0 spiro atoms. The number of hydrogen-bond acceptors (Lipinski definition) is 4. The Morgan fingerprint density at radius 2 is 1.95 bits per heavy atom. The van der Waals surface area contributed by atoms with Gasteiger partial charge in [-0.1, -0.05) is 12.1 Å². The number of H-pyrrole nitrogens is 1. The Bertz CT molecular complexity index is 790. The van der Waals surface area contributed by atoms with E-state index < -0.39 is 4.92 Å². The van der Waals surface area contributed by atoms with E-state index in [2.05, 4.69) is 9.97 Å². The summed E-state index contributed by atoms with van der Waals surface area (Å²) in [4.78, 5) is 20.2. The van der Waals surface area contributed by atoms with Gasteiger partial charge in [0.2, 0.25) is 0 Å². The maximum Gasteiger partial charge on any atom is 0.270 e. The summed E-state index contributed by atoms with van der Waals surface area (Å²) < 4.78 is 0. The molecule has 1 aromatic heterocycles. The summed E-state index contributed by atoms with van der Waals surface area (Å²) in [6.07, 6.45) is 0. The second-order valence-electron chi connectivity index (χ2n) is 4.96. The summed E-state index contributed by atoms with van der Waals surface area (Å²) in [6, 6.07) is 12.5. The van der Waals surface area contributed by atoms with Gasteiger partial charge in [0.15, 0.2) is 0 Å². The molecule has 6 nitrogen and oxygen atoms in total. The first-order valence-electron chi connectivity index (χ1n) is 6.47. The number of benzene rings is 2. The number of para-hydroxylation sites is 2. The molecule has 0 unspecified atom stereocenters. The van der Waals surface area contributed by atoms with Crippen LogP contribution in [0, 0.1) is 10.1 Å². The van der Waals surface area contributed by atoms with Crippen molar-refractivity contribution in [3.63, 3.8) is 0 Å². The molecule has 0 saturated heterocycles. The molecule has 6 heteroatoms. The number of nitro groups is 1. The molecular formula is C15H14N4O2. The van der Waals surface area contributed by atoms with Crippen LogP contribution in [0.3, 0.4) is 0 Å². The zero-order valence-electron chi connectivity index (χ0n) is 11.7. The van der Waals surface area contributed by atoms with Crippen molar-refractivity contribution >= 4 is 22.4 Å². The topological polar surface area (TPSA) is 75.1 Å². The number of nitrogens with one attached hydrogen (secondary N) is 1. The number of nitrogens with zero attached hydrogens (tertiary/aromatic N) is 3. The minimum Gasteiger partial charge on any atom is -0.377 e. The quantitative estimate of drug-likeness (QED) is 0.591. The fraction of sp³-hybridized carbons (Fsp3) is 0.133. The van der Waals surface area contributed by atoms with Crippen LogP contribution < -0.4 is 4.90 Å². The molecule has 0 aliphatic carbocycles. The van der Waals surface area contributed by atoms with Gasteiger partial charge < -0.3 is 9.88 Å². The zero-order valence-corrected chi connectivity index (χ0v) is 11.7. The lowest BCUT2D eigenvalue weighted by atomic mass is 10.1. The zero-order chi connectivity index (χ0) is 15.0. The minimum absolute atomic E-state index is 0.0519. The van der Waals surface area contributed by atoms with Crippen molar-refractivity contribution in [2.75, 3.05) is 19.0 Å². The molecule has 0 aliphatic heterocycles. The van der Waals surface area contributed by atoms with Gasteiger partial charge >= 0.3 is 0 Å². The molecule has 0 fully saturated rings. The Morgan fingerprint density at radius 3 is 2.62 bits per heavy atom. The maximum atomic E-state index is 11.0. The van der Waals surface area contributed by atoms with E-state index in [4.69, 9.17) is 0 Å². The van der Waals surface area contributed by atoms with Gasteiger partial charge in [0.1, 0.15) is 5.82 Å². The molecular weight excluding hydrogens is 268 g/mol. The van der Waals surface area contributed by atoms with Crippen molar-refractivity contribution in [2.24, 2.45) is 0 Å². The van der Waals surface area contributed by atoms with Crippen LogP contribution in [0.5, 0.6) is 0 Å². The lowest BCUT2D eigenvalue weighted by Gasteiger charge is -2.15. The van der Waals surface area contributed by atoms with Crippen LogP contribution >= 0.6 is 0 Å². The predicted octanol–water partition coefficient (Wildman–Crippen LogP) is 3.20. The summed E-state index contributed by atoms with van der Waals surface area (Å²) in [5, 5.41) is 11.0. The van der Waals surface area contributed by atoms with Crippen LogP contribution in [0.4, 0.5) is 11.4 Å². The number of non-ortho nitro benzene ring substituents is 1. The predicted molar refractivity (Wildman–Crippen MR) is 82.5 cm³/mol. The van der Waals surface area contributed by atoms with Crippen molar-refractivity contribution in [1.29, 1.82) is 0 Å². The van der Waals surface area contributed by atoms with E-state index in [-0.39, 0.29) is 5.69 Å². The molecule has 1 heterocycles. The maximum absolute atomic E-state index is 11.0. The van der Waals surface area contributed by atoms with E-state index in [9.17, 15) is 10.1 Å². The van der Waals surface area contributed by atoms with Gasteiger partial charge in [-0.15, -0.1) is 0 Å². The Balaban J connectivity index is 2.23. The highest BCUT2D eigenvalue weighted by atomic mass is 16.6. The summed E-state index contributed by atoms with van der Waals surface area (Å²) in [7, 11) is 3.79. The van der Waals surface area contributed by atoms with Crippen molar-refractivity contribution in [3.8, 4) is 11.4 Å². The van der Waals surface area contributed by atoms with Crippen LogP contribution in [0.15, 0.2) is 42.5 Å². The molecule has 3 aromatic rings. The summed E-state index contributed by atoms with van der Waals surface area (Å²) in [6.45, 7) is 0. The Labute approximate surface area is 121 Å². The lowest BCUT2D eigenvalue weighted by Crippen LogP contribution is -2.10. The average Bonchev–Trinajstić information content (AvgIpc) is 2.90. The van der Waals surface area contributed by atoms with Gasteiger partial charge in [-0.25, -0.2) is 4.98 Å². The number of hydrogen-bond donors (Lipinski definition) is 1. The molecule has 0 bridgehead atoms. The molecule has 0 aliphatic rings. The molecule has 3 rings (SSSR count). The van der Waals surface area contributed by atoms with Gasteiger partial charge in [-0.2, -0.15) is 0 Å². The minimum atomic E-state index is -0.397. The molecule has 21 heavy (non-hydrogen) atoms. The van der Waals surface area contributed by atoms with E-state index in [1.807, 2.05) is 43.3 Å². The third-order valence-corrected chi connectivity index (χ3v) is 3.32. The summed E-state index contributed by atoms with van der Waals surface area (Å²) in [5.41, 5.74) is 3.38. The second kappa shape index (κ2) is 4.90. The number of nitro benzene ring substituents is 1. The normalized spacial score (nSPS) is 10.8. The molecule has 0 amide bonds. The van der Waals surface area contributed by atoms with Crippen LogP contribution in [0.25, 0.3) is 22.4 Å². The molecule has 1 N–H and O–H groups in total. The molecule has 106 valence electrons. The fourth-order valence-electron chi connectivity index (χ4n) is 2.30. The number of anilines is 1. The highest BCUT2D eigenvalue weighted by Gasteiger charge is 2.16. The molecule has 2 aromatic carbocycles. The Kier molecular flexibility index (Phi) is 3.06. The smallest absolute Gasteiger partial charge is 0.270 e. The van der Waals surface area contributed by atoms with Crippen LogP contribution in [0.2, 0.25) is 0 Å². The number of aromatic nitrogens is 2. The monoisotopic (exact) mass is 282 g/mol. The Hall–Kier alpha value is -2.89. The summed E-state index contributed by atoms with van der Waals surface area (Å²) in [5.74, 6) is 0.628. The SMILES string of the molecule is CN(C)c1ccc([N+](=O)[O-])cc1-c1nc2ccccc2[nH]1. The van der Waals surface area contributed by atoms with Gasteiger partial charge in [0.05, 0.1) is 16.0 Å². The fourth-order valence-corrected chi connectivity index (χ4v) is 2.30. The second-order valence-corrected chi connectivity index (χ2v) is 4.96. The third kappa shape index (κ3) is 2.31. The average molecular weight is 282 g/mol. The van der Waals surface area contributed by atoms with Crippen LogP contribution in [-0.4, -0.2) is 29.0 Å². The van der Waals surface area contributed by atoms with Gasteiger partial charge in [-0.05, 0) is 18.2 Å².